The number of esters is 1. The molecular formula is C25H26N2O4. The van der Waals surface area contributed by atoms with Gasteiger partial charge in [-0.3, -0.25) is 19.6 Å². The molecule has 1 aromatic heterocycles. The Morgan fingerprint density at radius 3 is 2.55 bits per heavy atom. The minimum atomic E-state index is -0.643. The molecule has 160 valence electrons. The maximum atomic E-state index is 13.4. The van der Waals surface area contributed by atoms with E-state index in [0.29, 0.717) is 29.8 Å². The predicted octanol–water partition coefficient (Wildman–Crippen LogP) is 4.23. The van der Waals surface area contributed by atoms with Gasteiger partial charge in [0.2, 0.25) is 0 Å². The van der Waals surface area contributed by atoms with Crippen molar-refractivity contribution in [2.24, 2.45) is 10.9 Å². The predicted molar refractivity (Wildman–Crippen MR) is 117 cm³/mol. The molecule has 1 aliphatic heterocycles. The number of allylic oxidation sites excluding steroid dienone is 2. The topological polar surface area (TPSA) is 77.8 Å². The highest BCUT2D eigenvalue weighted by atomic mass is 16.5. The summed E-state index contributed by atoms with van der Waals surface area (Å²) in [4.78, 5) is 35.5. The molecule has 1 unspecified atom stereocenters. The Bertz CT molecular complexity index is 1040. The van der Waals surface area contributed by atoms with Gasteiger partial charge in [0.25, 0.3) is 0 Å². The van der Waals surface area contributed by atoms with Crippen LogP contribution in [0, 0.1) is 5.92 Å². The first-order chi connectivity index (χ1) is 15.0. The second kappa shape index (κ2) is 8.84. The van der Waals surface area contributed by atoms with Gasteiger partial charge in [-0.05, 0) is 56.0 Å². The summed E-state index contributed by atoms with van der Waals surface area (Å²) in [6, 6.07) is 13.4. The number of pyridine rings is 1. The largest absolute Gasteiger partial charge is 0.497 e. The van der Waals surface area contributed by atoms with E-state index in [1.807, 2.05) is 49.4 Å². The highest BCUT2D eigenvalue weighted by Gasteiger charge is 2.45. The highest BCUT2D eigenvalue weighted by molar-refractivity contribution is 6.09. The summed E-state index contributed by atoms with van der Waals surface area (Å²) < 4.78 is 10.6. The van der Waals surface area contributed by atoms with Crippen LogP contribution in [0.25, 0.3) is 0 Å². The van der Waals surface area contributed by atoms with Crippen LogP contribution in [0.2, 0.25) is 0 Å². The molecule has 1 aromatic carbocycles. The SMILES string of the molecule is CCOC(=O)C1C(C)=NC2=C(C(=O)C[C@H](c3ccc(OC)cc3)C2)[C@H]1c1ccccn1. The van der Waals surface area contributed by atoms with E-state index in [4.69, 9.17) is 14.5 Å². The Morgan fingerprint density at radius 2 is 1.90 bits per heavy atom. The number of ketones is 1. The van der Waals surface area contributed by atoms with Gasteiger partial charge in [-0.2, -0.15) is 0 Å². The normalized spacial score (nSPS) is 23.1. The van der Waals surface area contributed by atoms with Gasteiger partial charge in [-0.15, -0.1) is 0 Å². The molecule has 0 amide bonds. The van der Waals surface area contributed by atoms with E-state index in [-0.39, 0.29) is 24.3 Å². The molecule has 1 aliphatic carbocycles. The van der Waals surface area contributed by atoms with Gasteiger partial charge >= 0.3 is 5.97 Å². The minimum absolute atomic E-state index is 0.0169. The summed E-state index contributed by atoms with van der Waals surface area (Å²) in [6.45, 7) is 3.89. The monoisotopic (exact) mass is 418 g/mol. The van der Waals surface area contributed by atoms with Crippen LogP contribution < -0.4 is 4.74 Å². The van der Waals surface area contributed by atoms with Gasteiger partial charge in [-0.25, -0.2) is 0 Å². The number of rotatable bonds is 5. The summed E-state index contributed by atoms with van der Waals surface area (Å²) in [5, 5.41) is 0. The maximum absolute atomic E-state index is 13.4. The molecule has 0 spiro atoms. The van der Waals surface area contributed by atoms with Crippen LogP contribution >= 0.6 is 0 Å². The molecular weight excluding hydrogens is 392 g/mol. The lowest BCUT2D eigenvalue weighted by atomic mass is 9.70. The number of Topliss-reactive ketones (excluding diaryl/α,β-unsaturated/α-hetero) is 1. The number of aromatic nitrogens is 1. The van der Waals surface area contributed by atoms with Crippen molar-refractivity contribution in [3.63, 3.8) is 0 Å². The molecule has 0 fully saturated rings. The van der Waals surface area contributed by atoms with Gasteiger partial charge in [0.15, 0.2) is 5.78 Å². The number of ether oxygens (including phenoxy) is 2. The first-order valence-electron chi connectivity index (χ1n) is 10.6. The third kappa shape index (κ3) is 4.02. The number of hydrogen-bond acceptors (Lipinski definition) is 6. The summed E-state index contributed by atoms with van der Waals surface area (Å²) >= 11 is 0. The van der Waals surface area contributed by atoms with Crippen LogP contribution in [-0.2, 0) is 14.3 Å². The number of nitrogens with zero attached hydrogens (tertiary/aromatic N) is 2. The van der Waals surface area contributed by atoms with Gasteiger partial charge in [0.1, 0.15) is 11.7 Å². The molecule has 2 aromatic rings. The first kappa shape index (κ1) is 21.0. The summed E-state index contributed by atoms with van der Waals surface area (Å²) in [5.74, 6) is -0.645. The fourth-order valence-corrected chi connectivity index (χ4v) is 4.59. The second-order valence-electron chi connectivity index (χ2n) is 7.88. The number of methoxy groups -OCH3 is 1. The number of carbonyl (C=O) groups excluding carboxylic acids is 2. The van der Waals surface area contributed by atoms with Crippen molar-refractivity contribution in [2.75, 3.05) is 13.7 Å². The first-order valence-corrected chi connectivity index (χ1v) is 10.6. The third-order valence-corrected chi connectivity index (χ3v) is 6.02. The van der Waals surface area contributed by atoms with E-state index in [0.717, 1.165) is 17.0 Å². The summed E-state index contributed by atoms with van der Waals surface area (Å²) in [6.07, 6.45) is 2.70. The van der Waals surface area contributed by atoms with Crippen LogP contribution in [0.3, 0.4) is 0 Å². The van der Waals surface area contributed by atoms with Crippen molar-refractivity contribution >= 4 is 17.5 Å². The number of carbonyl (C=O) groups is 2. The molecule has 2 aliphatic rings. The molecule has 6 nitrogen and oxygen atoms in total. The Morgan fingerprint density at radius 1 is 1.13 bits per heavy atom. The lowest BCUT2D eigenvalue weighted by molar-refractivity contribution is -0.146. The summed E-state index contributed by atoms with van der Waals surface area (Å²) in [7, 11) is 1.63. The second-order valence-corrected chi connectivity index (χ2v) is 7.88. The average Bonchev–Trinajstić information content (AvgIpc) is 2.78. The van der Waals surface area contributed by atoms with Crippen molar-refractivity contribution < 1.29 is 19.1 Å². The molecule has 0 saturated carbocycles. The van der Waals surface area contributed by atoms with Crippen molar-refractivity contribution in [1.82, 2.24) is 4.98 Å². The highest BCUT2D eigenvalue weighted by Crippen LogP contribution is 2.46. The number of hydrogen-bond donors (Lipinski definition) is 0. The van der Waals surface area contributed by atoms with E-state index in [1.54, 1.807) is 20.2 Å². The molecule has 0 radical (unpaired) electrons. The Kier molecular flexibility index (Phi) is 5.98. The molecule has 4 rings (SSSR count). The van der Waals surface area contributed by atoms with Crippen LogP contribution in [-0.4, -0.2) is 36.2 Å². The molecule has 3 atom stereocenters. The van der Waals surface area contributed by atoms with Gasteiger partial charge < -0.3 is 9.47 Å². The zero-order valence-electron chi connectivity index (χ0n) is 18.0. The molecule has 0 bridgehead atoms. The maximum Gasteiger partial charge on any atom is 0.315 e. The van der Waals surface area contributed by atoms with Gasteiger partial charge in [-0.1, -0.05) is 18.2 Å². The van der Waals surface area contributed by atoms with Crippen molar-refractivity contribution in [2.45, 2.75) is 38.5 Å². The average molecular weight is 418 g/mol. The van der Waals surface area contributed by atoms with Crippen molar-refractivity contribution in [3.8, 4) is 5.75 Å². The molecule has 0 saturated heterocycles. The lowest BCUT2D eigenvalue weighted by Crippen LogP contribution is -2.38. The lowest BCUT2D eigenvalue weighted by Gasteiger charge is -2.36. The van der Waals surface area contributed by atoms with Crippen molar-refractivity contribution in [1.29, 1.82) is 0 Å². The smallest absolute Gasteiger partial charge is 0.315 e. The summed E-state index contributed by atoms with van der Waals surface area (Å²) in [5.41, 5.74) is 3.79. The zero-order chi connectivity index (χ0) is 22.0. The van der Waals surface area contributed by atoms with E-state index in [1.165, 1.54) is 0 Å². The van der Waals surface area contributed by atoms with E-state index in [9.17, 15) is 9.59 Å². The molecule has 6 heteroatoms. The van der Waals surface area contributed by atoms with E-state index >= 15 is 0 Å². The van der Waals surface area contributed by atoms with Crippen LogP contribution in [0.5, 0.6) is 5.75 Å². The Labute approximate surface area is 182 Å². The van der Waals surface area contributed by atoms with E-state index in [2.05, 4.69) is 4.98 Å². The molecule has 31 heavy (non-hydrogen) atoms. The van der Waals surface area contributed by atoms with Crippen LogP contribution in [0.1, 0.15) is 49.8 Å². The quantitative estimate of drug-likeness (QED) is 0.679. The number of benzene rings is 1. The van der Waals surface area contributed by atoms with Gasteiger partial charge in [0.05, 0.1) is 19.6 Å². The number of aliphatic imine (C=N–C) groups is 1. The fraction of sp³-hybridized carbons (Fsp3) is 0.360. The molecule has 2 heterocycles. The van der Waals surface area contributed by atoms with Crippen molar-refractivity contribution in [3.05, 3.63) is 71.2 Å². The molecule has 0 N–H and O–H groups in total. The zero-order valence-corrected chi connectivity index (χ0v) is 18.0. The van der Waals surface area contributed by atoms with E-state index < -0.39 is 11.8 Å². The fourth-order valence-electron chi connectivity index (χ4n) is 4.59. The van der Waals surface area contributed by atoms with Crippen LogP contribution in [0.15, 0.2) is 64.9 Å². The third-order valence-electron chi connectivity index (χ3n) is 6.02. The van der Waals surface area contributed by atoms with Gasteiger partial charge in [0, 0.05) is 35.3 Å². The minimum Gasteiger partial charge on any atom is -0.497 e. The Balaban J connectivity index is 1.75. The van der Waals surface area contributed by atoms with Crippen LogP contribution in [0.4, 0.5) is 0 Å². The standard InChI is InChI=1S/C25H26N2O4/c1-4-31-25(29)22-15(2)27-20-13-17(16-8-10-18(30-3)11-9-16)14-21(28)23(20)24(22)19-7-5-6-12-26-19/h5-12,17,22,24H,4,13-14H2,1-3H3/t17-,22?,24+/m1/s1. The Hall–Kier alpha value is -3.28.